The Morgan fingerprint density at radius 2 is 1.12 bits per heavy atom. The van der Waals surface area contributed by atoms with Crippen LogP contribution in [0.1, 0.15) is 92.4 Å². The first-order valence-corrected chi connectivity index (χ1v) is 16.9. The van der Waals surface area contributed by atoms with Crippen LogP contribution in [0.5, 0.6) is 11.5 Å². The van der Waals surface area contributed by atoms with Crippen molar-refractivity contribution in [2.24, 2.45) is 0 Å². The number of alkyl halides is 7. The molecule has 0 spiro atoms. The van der Waals surface area contributed by atoms with Crippen molar-refractivity contribution in [2.75, 3.05) is 13.2 Å². The molecule has 52 heavy (non-hydrogen) atoms. The van der Waals surface area contributed by atoms with Crippen molar-refractivity contribution in [3.63, 3.8) is 0 Å². The molecule has 0 heterocycles. The van der Waals surface area contributed by atoms with Crippen LogP contribution in [0.4, 0.5) is 30.7 Å². The Balaban J connectivity index is 1.36. The van der Waals surface area contributed by atoms with Crippen LogP contribution in [0.15, 0.2) is 72.8 Å². The highest BCUT2D eigenvalue weighted by atomic mass is 19.4. The zero-order valence-electron chi connectivity index (χ0n) is 28.8. The van der Waals surface area contributed by atoms with Gasteiger partial charge in [0.2, 0.25) is 0 Å². The van der Waals surface area contributed by atoms with Gasteiger partial charge >= 0.3 is 35.9 Å². The van der Waals surface area contributed by atoms with Crippen LogP contribution in [0, 0.1) is 0 Å². The minimum absolute atomic E-state index is 0.0388. The molecule has 0 saturated heterocycles. The van der Waals surface area contributed by atoms with Gasteiger partial charge in [0, 0.05) is 0 Å². The molecule has 284 valence electrons. The van der Waals surface area contributed by atoms with Crippen molar-refractivity contribution in [3.05, 3.63) is 83.9 Å². The summed E-state index contributed by atoms with van der Waals surface area (Å²) in [6.07, 6.45) is -0.305. The van der Waals surface area contributed by atoms with E-state index in [4.69, 9.17) is 14.2 Å². The van der Waals surface area contributed by atoms with Crippen molar-refractivity contribution in [3.8, 4) is 22.6 Å². The topological polar surface area (TPSA) is 88.1 Å². The molecule has 14 heteroatoms. The standard InChI is InChI=1S/C38H41F7O7/c1-3-4-5-8-11-26(2)51-33(46)29-14-12-27(13-15-29)28-16-22-32(23-17-28)52-34(47)30-18-20-31(21-19-30)49-24-9-6-7-10-25-50-35(48)36(39,40)37(41,42)38(43,44)45/h12-23,26H,3-11,24-25H2,1-2H3. The number of rotatable bonds is 20. The zero-order chi connectivity index (χ0) is 38.4. The summed E-state index contributed by atoms with van der Waals surface area (Å²) in [5.74, 6) is -15.7. The Bertz CT molecular complexity index is 1570. The first kappa shape index (κ1) is 41.8. The van der Waals surface area contributed by atoms with Gasteiger partial charge in [-0.05, 0) is 105 Å². The van der Waals surface area contributed by atoms with Crippen molar-refractivity contribution >= 4 is 17.9 Å². The third-order valence-electron chi connectivity index (χ3n) is 7.93. The SMILES string of the molecule is CCCCCCC(C)OC(=O)c1ccc(-c2ccc(OC(=O)c3ccc(OCCCCCCOC(=O)C(F)(F)C(F)(F)C(F)(F)F)cc3)cc2)cc1. The van der Waals surface area contributed by atoms with Crippen LogP contribution >= 0.6 is 0 Å². The lowest BCUT2D eigenvalue weighted by Gasteiger charge is -2.26. The number of esters is 3. The summed E-state index contributed by atoms with van der Waals surface area (Å²) in [7, 11) is 0. The maximum atomic E-state index is 13.2. The molecule has 0 fully saturated rings. The molecule has 0 aliphatic carbocycles. The van der Waals surface area contributed by atoms with Gasteiger partial charge in [0.1, 0.15) is 11.5 Å². The highest BCUT2D eigenvalue weighted by Crippen LogP contribution is 2.47. The van der Waals surface area contributed by atoms with Gasteiger partial charge in [-0.15, -0.1) is 0 Å². The Hall–Kier alpha value is -4.62. The Morgan fingerprint density at radius 3 is 1.69 bits per heavy atom. The first-order chi connectivity index (χ1) is 24.6. The van der Waals surface area contributed by atoms with Crippen molar-refractivity contribution in [1.82, 2.24) is 0 Å². The van der Waals surface area contributed by atoms with Gasteiger partial charge in [0.05, 0.1) is 30.4 Å². The van der Waals surface area contributed by atoms with Gasteiger partial charge < -0.3 is 18.9 Å². The lowest BCUT2D eigenvalue weighted by atomic mass is 10.0. The quantitative estimate of drug-likeness (QED) is 0.0493. The minimum Gasteiger partial charge on any atom is -0.494 e. The average Bonchev–Trinajstić information content (AvgIpc) is 3.11. The number of hydrogen-bond acceptors (Lipinski definition) is 7. The van der Waals surface area contributed by atoms with Crippen LogP contribution in [0.2, 0.25) is 0 Å². The highest BCUT2D eigenvalue weighted by Gasteiger charge is 2.77. The summed E-state index contributed by atoms with van der Waals surface area (Å²) in [5.41, 5.74) is 2.45. The van der Waals surface area contributed by atoms with Gasteiger partial charge in [-0.1, -0.05) is 50.5 Å². The number of hydrogen-bond donors (Lipinski definition) is 0. The van der Waals surface area contributed by atoms with Gasteiger partial charge in [-0.2, -0.15) is 30.7 Å². The molecule has 0 aliphatic rings. The summed E-state index contributed by atoms with van der Waals surface area (Å²) in [6, 6.07) is 20.1. The molecule has 3 aromatic rings. The van der Waals surface area contributed by atoms with E-state index in [1.807, 2.05) is 19.1 Å². The maximum absolute atomic E-state index is 13.2. The molecule has 0 saturated carbocycles. The Labute approximate surface area is 297 Å². The molecule has 0 radical (unpaired) electrons. The molecule has 3 aromatic carbocycles. The van der Waals surface area contributed by atoms with Gasteiger partial charge in [-0.25, -0.2) is 14.4 Å². The molecule has 0 aromatic heterocycles. The van der Waals surface area contributed by atoms with Crippen LogP contribution in [0.3, 0.4) is 0 Å². The van der Waals surface area contributed by atoms with E-state index in [0.717, 1.165) is 36.8 Å². The van der Waals surface area contributed by atoms with Crippen LogP contribution in [0.25, 0.3) is 11.1 Å². The van der Waals surface area contributed by atoms with E-state index in [0.29, 0.717) is 36.3 Å². The summed E-state index contributed by atoms with van der Waals surface area (Å²) in [6.45, 7) is 3.51. The second kappa shape index (κ2) is 19.3. The predicted octanol–water partition coefficient (Wildman–Crippen LogP) is 10.4. The summed E-state index contributed by atoms with van der Waals surface area (Å²) in [4.78, 5) is 36.3. The number of unbranched alkanes of at least 4 members (excludes halogenated alkanes) is 6. The van der Waals surface area contributed by atoms with Crippen LogP contribution in [-0.4, -0.2) is 55.2 Å². The van der Waals surface area contributed by atoms with Crippen molar-refractivity contribution in [2.45, 2.75) is 95.8 Å². The molecule has 3 rings (SSSR count). The van der Waals surface area contributed by atoms with Crippen LogP contribution < -0.4 is 9.47 Å². The van der Waals surface area contributed by atoms with E-state index in [1.165, 1.54) is 18.6 Å². The maximum Gasteiger partial charge on any atom is 0.460 e. The molecule has 0 aliphatic heterocycles. The second-order valence-electron chi connectivity index (χ2n) is 12.1. The van der Waals surface area contributed by atoms with Gasteiger partial charge in [-0.3, -0.25) is 0 Å². The fourth-order valence-electron chi connectivity index (χ4n) is 4.85. The number of carbonyl (C=O) groups is 3. The van der Waals surface area contributed by atoms with Crippen molar-refractivity contribution in [1.29, 1.82) is 0 Å². The van der Waals surface area contributed by atoms with E-state index in [1.54, 1.807) is 48.5 Å². The molecule has 7 nitrogen and oxygen atoms in total. The molecule has 0 amide bonds. The fourth-order valence-corrected chi connectivity index (χ4v) is 4.85. The Morgan fingerprint density at radius 1 is 0.615 bits per heavy atom. The minimum atomic E-state index is -6.62. The average molecular weight is 743 g/mol. The number of carbonyl (C=O) groups excluding carboxylic acids is 3. The van der Waals surface area contributed by atoms with Crippen molar-refractivity contribution < 1.29 is 64.1 Å². The second-order valence-corrected chi connectivity index (χ2v) is 12.1. The number of ether oxygens (including phenoxy) is 4. The highest BCUT2D eigenvalue weighted by molar-refractivity contribution is 5.91. The van der Waals surface area contributed by atoms with Crippen LogP contribution in [-0.2, 0) is 14.3 Å². The van der Waals surface area contributed by atoms with E-state index in [2.05, 4.69) is 11.7 Å². The number of benzene rings is 3. The smallest absolute Gasteiger partial charge is 0.460 e. The third-order valence-corrected chi connectivity index (χ3v) is 7.93. The largest absolute Gasteiger partial charge is 0.494 e. The molecule has 1 atom stereocenters. The summed E-state index contributed by atoms with van der Waals surface area (Å²) < 4.78 is 109. The third kappa shape index (κ3) is 12.0. The summed E-state index contributed by atoms with van der Waals surface area (Å²) >= 11 is 0. The Kier molecular flexibility index (Phi) is 15.5. The molecule has 0 N–H and O–H groups in total. The van der Waals surface area contributed by atoms with E-state index in [9.17, 15) is 45.1 Å². The summed E-state index contributed by atoms with van der Waals surface area (Å²) in [5, 5.41) is 0. The van der Waals surface area contributed by atoms with E-state index >= 15 is 0 Å². The number of halogens is 7. The fraction of sp³-hybridized carbons (Fsp3) is 0.447. The molecule has 0 bridgehead atoms. The predicted molar refractivity (Wildman–Crippen MR) is 178 cm³/mol. The van der Waals surface area contributed by atoms with Gasteiger partial charge in [0.25, 0.3) is 0 Å². The normalized spacial score (nSPS) is 12.6. The molecule has 1 unspecified atom stereocenters. The molecular weight excluding hydrogens is 701 g/mol. The molecular formula is C38H41F7O7. The van der Waals surface area contributed by atoms with Gasteiger partial charge in [0.15, 0.2) is 0 Å². The zero-order valence-corrected chi connectivity index (χ0v) is 28.8. The van der Waals surface area contributed by atoms with E-state index in [-0.39, 0.29) is 30.7 Å². The van der Waals surface area contributed by atoms with E-state index < -0.39 is 36.6 Å². The lowest BCUT2D eigenvalue weighted by Crippen LogP contribution is -2.56. The first-order valence-electron chi connectivity index (χ1n) is 16.9. The monoisotopic (exact) mass is 742 g/mol. The lowest BCUT2D eigenvalue weighted by molar-refractivity contribution is -0.348.